The van der Waals surface area contributed by atoms with Gasteiger partial charge in [-0.15, -0.1) is 0 Å². The first kappa shape index (κ1) is 22.1. The predicted octanol–water partition coefficient (Wildman–Crippen LogP) is 4.31. The number of carbonyl (C=O) groups excluding carboxylic acids is 1. The maximum Gasteiger partial charge on any atom is 0.233 e. The normalized spacial score (nSPS) is 21.0. The van der Waals surface area contributed by atoms with E-state index < -0.39 is 5.41 Å². The zero-order chi connectivity index (χ0) is 22.7. The van der Waals surface area contributed by atoms with Crippen LogP contribution < -0.4 is 0 Å². The highest BCUT2D eigenvalue weighted by Crippen LogP contribution is 2.38. The molecule has 0 radical (unpaired) electrons. The Balaban J connectivity index is 1.41. The summed E-state index contributed by atoms with van der Waals surface area (Å²) in [7, 11) is 0. The van der Waals surface area contributed by atoms with E-state index in [1.807, 2.05) is 12.4 Å². The molecule has 1 amide bonds. The van der Waals surface area contributed by atoms with Crippen molar-refractivity contribution in [1.29, 1.82) is 0 Å². The van der Waals surface area contributed by atoms with Gasteiger partial charge in [-0.3, -0.25) is 9.78 Å². The Labute approximate surface area is 195 Å². The summed E-state index contributed by atoms with van der Waals surface area (Å²) in [5.41, 5.74) is 3.09. The number of aryl methyl sites for hydroxylation is 1. The number of hydrogen-bond acceptors (Lipinski definition) is 4. The third-order valence-electron chi connectivity index (χ3n) is 7.23. The molecule has 172 valence electrons. The minimum absolute atomic E-state index is 0.231. The molecule has 5 heteroatoms. The van der Waals surface area contributed by atoms with E-state index in [0.717, 1.165) is 30.2 Å². The van der Waals surface area contributed by atoms with E-state index in [2.05, 4.69) is 65.3 Å². The maximum atomic E-state index is 14.2. The number of ether oxygens (including phenoxy) is 2. The SMILES string of the molecule is Cc1cccc(C2(C(=O)N3CCOC[C@H](Cc4cccc5cnccc45)C3)CCOCC2)c1. The highest BCUT2D eigenvalue weighted by Gasteiger charge is 2.44. The maximum absolute atomic E-state index is 14.2. The molecular weight excluding hydrogens is 412 g/mol. The van der Waals surface area contributed by atoms with Gasteiger partial charge in [-0.25, -0.2) is 0 Å². The fourth-order valence-electron chi connectivity index (χ4n) is 5.46. The van der Waals surface area contributed by atoms with Crippen LogP contribution in [0.15, 0.2) is 60.9 Å². The molecule has 1 atom stereocenters. The van der Waals surface area contributed by atoms with Crippen molar-refractivity contribution in [2.75, 3.05) is 39.5 Å². The summed E-state index contributed by atoms with van der Waals surface area (Å²) in [5, 5.41) is 2.38. The first-order valence-corrected chi connectivity index (χ1v) is 12.0. The molecule has 0 N–H and O–H groups in total. The topological polar surface area (TPSA) is 51.7 Å². The Morgan fingerprint density at radius 3 is 2.79 bits per heavy atom. The van der Waals surface area contributed by atoms with Crippen LogP contribution in [0, 0.1) is 12.8 Å². The number of benzene rings is 2. The minimum atomic E-state index is -0.510. The number of pyridine rings is 1. The molecule has 0 spiro atoms. The molecule has 2 aromatic carbocycles. The van der Waals surface area contributed by atoms with Gasteiger partial charge in [-0.2, -0.15) is 0 Å². The number of amides is 1. The molecule has 3 heterocycles. The van der Waals surface area contributed by atoms with Crippen molar-refractivity contribution in [3.63, 3.8) is 0 Å². The van der Waals surface area contributed by atoms with Crippen LogP contribution in [0.4, 0.5) is 0 Å². The van der Waals surface area contributed by atoms with E-state index in [9.17, 15) is 4.79 Å². The Hall–Kier alpha value is -2.76. The Morgan fingerprint density at radius 2 is 1.94 bits per heavy atom. The third kappa shape index (κ3) is 4.53. The molecule has 33 heavy (non-hydrogen) atoms. The van der Waals surface area contributed by atoms with Gasteiger partial charge in [0.05, 0.1) is 18.6 Å². The first-order chi connectivity index (χ1) is 16.2. The molecule has 2 saturated heterocycles. The van der Waals surface area contributed by atoms with Crippen molar-refractivity contribution in [2.45, 2.75) is 31.6 Å². The minimum Gasteiger partial charge on any atom is -0.381 e. The van der Waals surface area contributed by atoms with E-state index in [4.69, 9.17) is 9.47 Å². The second-order valence-corrected chi connectivity index (χ2v) is 9.47. The van der Waals surface area contributed by atoms with Gasteiger partial charge in [0.15, 0.2) is 0 Å². The van der Waals surface area contributed by atoms with Gasteiger partial charge < -0.3 is 14.4 Å². The predicted molar refractivity (Wildman–Crippen MR) is 129 cm³/mol. The molecule has 0 bridgehead atoms. The van der Waals surface area contributed by atoms with Crippen LogP contribution in [-0.2, 0) is 26.1 Å². The number of carbonyl (C=O) groups is 1. The summed E-state index contributed by atoms with van der Waals surface area (Å²) in [4.78, 5) is 20.5. The van der Waals surface area contributed by atoms with Crippen molar-refractivity contribution in [3.05, 3.63) is 77.6 Å². The zero-order valence-corrected chi connectivity index (χ0v) is 19.3. The van der Waals surface area contributed by atoms with Gasteiger partial charge in [0, 0.05) is 50.0 Å². The Morgan fingerprint density at radius 1 is 1.09 bits per heavy atom. The van der Waals surface area contributed by atoms with Gasteiger partial charge in [0.25, 0.3) is 0 Å². The molecule has 3 aromatic rings. The highest BCUT2D eigenvalue weighted by molar-refractivity contribution is 5.89. The molecular formula is C28H32N2O3. The molecule has 0 saturated carbocycles. The van der Waals surface area contributed by atoms with E-state index in [-0.39, 0.29) is 11.8 Å². The molecule has 0 aliphatic carbocycles. The number of fused-ring (bicyclic) bond motifs is 1. The van der Waals surface area contributed by atoms with E-state index in [1.165, 1.54) is 16.5 Å². The summed E-state index contributed by atoms with van der Waals surface area (Å²) in [6, 6.07) is 16.9. The van der Waals surface area contributed by atoms with Crippen molar-refractivity contribution in [1.82, 2.24) is 9.88 Å². The average molecular weight is 445 g/mol. The molecule has 0 unspecified atom stereocenters. The average Bonchev–Trinajstić information content (AvgIpc) is 3.10. The first-order valence-electron chi connectivity index (χ1n) is 12.0. The quantitative estimate of drug-likeness (QED) is 0.602. The van der Waals surface area contributed by atoms with Gasteiger partial charge in [-0.1, -0.05) is 48.0 Å². The van der Waals surface area contributed by atoms with Crippen molar-refractivity contribution in [3.8, 4) is 0 Å². The molecule has 2 aliphatic heterocycles. The number of rotatable bonds is 4. The van der Waals surface area contributed by atoms with E-state index >= 15 is 0 Å². The van der Waals surface area contributed by atoms with Crippen LogP contribution in [0.1, 0.15) is 29.5 Å². The van der Waals surface area contributed by atoms with E-state index in [1.54, 1.807) is 0 Å². The molecule has 5 nitrogen and oxygen atoms in total. The molecule has 2 fully saturated rings. The molecule has 5 rings (SSSR count). The van der Waals surface area contributed by atoms with Gasteiger partial charge in [0.1, 0.15) is 0 Å². The van der Waals surface area contributed by atoms with Crippen LogP contribution in [0.3, 0.4) is 0 Å². The van der Waals surface area contributed by atoms with Crippen molar-refractivity contribution < 1.29 is 14.3 Å². The summed E-state index contributed by atoms with van der Waals surface area (Å²) in [5.74, 6) is 0.485. The summed E-state index contributed by atoms with van der Waals surface area (Å²) < 4.78 is 11.7. The second-order valence-electron chi connectivity index (χ2n) is 9.47. The lowest BCUT2D eigenvalue weighted by atomic mass is 9.72. The lowest BCUT2D eigenvalue weighted by molar-refractivity contribution is -0.141. The Kier molecular flexibility index (Phi) is 6.43. The standard InChI is InChI=1S/C28H32N2O3/c1-21-4-2-7-25(16-21)28(9-13-32-14-10-28)27(31)30-12-15-33-20-22(19-30)17-23-5-3-6-24-18-29-11-8-26(23)24/h2-8,11,16,18,22H,9-10,12-15,17,19-20H2,1H3/t22-/m1/s1. The summed E-state index contributed by atoms with van der Waals surface area (Å²) in [6.07, 6.45) is 6.10. The largest absolute Gasteiger partial charge is 0.381 e. The molecule has 1 aromatic heterocycles. The summed E-state index contributed by atoms with van der Waals surface area (Å²) in [6.45, 7) is 5.96. The highest BCUT2D eigenvalue weighted by atomic mass is 16.5. The fourth-order valence-corrected chi connectivity index (χ4v) is 5.46. The van der Waals surface area contributed by atoms with Crippen LogP contribution in [0.5, 0.6) is 0 Å². The smallest absolute Gasteiger partial charge is 0.233 e. The number of aromatic nitrogens is 1. The zero-order valence-electron chi connectivity index (χ0n) is 19.3. The number of hydrogen-bond donors (Lipinski definition) is 0. The monoisotopic (exact) mass is 444 g/mol. The van der Waals surface area contributed by atoms with Gasteiger partial charge >= 0.3 is 0 Å². The number of nitrogens with zero attached hydrogens (tertiary/aromatic N) is 2. The summed E-state index contributed by atoms with van der Waals surface area (Å²) >= 11 is 0. The third-order valence-corrected chi connectivity index (χ3v) is 7.23. The van der Waals surface area contributed by atoms with Crippen molar-refractivity contribution in [2.24, 2.45) is 5.92 Å². The molecule has 2 aliphatic rings. The van der Waals surface area contributed by atoms with Crippen LogP contribution in [-0.4, -0.2) is 55.3 Å². The van der Waals surface area contributed by atoms with Crippen LogP contribution >= 0.6 is 0 Å². The van der Waals surface area contributed by atoms with Crippen LogP contribution in [0.25, 0.3) is 10.8 Å². The van der Waals surface area contributed by atoms with Crippen molar-refractivity contribution >= 4 is 16.7 Å². The fraction of sp³-hybridized carbons (Fsp3) is 0.429. The lowest BCUT2D eigenvalue weighted by Crippen LogP contribution is -2.51. The Bertz CT molecular complexity index is 1120. The van der Waals surface area contributed by atoms with Crippen LogP contribution in [0.2, 0.25) is 0 Å². The van der Waals surface area contributed by atoms with Gasteiger partial charge in [-0.05, 0) is 48.8 Å². The van der Waals surface area contributed by atoms with Gasteiger partial charge in [0.2, 0.25) is 5.91 Å². The second kappa shape index (κ2) is 9.62. The lowest BCUT2D eigenvalue weighted by Gasteiger charge is -2.40. The van der Waals surface area contributed by atoms with E-state index in [0.29, 0.717) is 39.5 Å².